The van der Waals surface area contributed by atoms with Crippen LogP contribution < -0.4 is 14.8 Å². The third-order valence-electron chi connectivity index (χ3n) is 5.03. The Morgan fingerprint density at radius 3 is 2.28 bits per heavy atom. The summed E-state index contributed by atoms with van der Waals surface area (Å²) in [7, 11) is 3.14. The molecule has 0 fully saturated rings. The van der Waals surface area contributed by atoms with Crippen molar-refractivity contribution in [1.82, 2.24) is 10.2 Å². The molecule has 0 bridgehead atoms. The van der Waals surface area contributed by atoms with Gasteiger partial charge in [0.25, 0.3) is 0 Å². The number of amides is 2. The number of ether oxygens (including phenoxy) is 2. The van der Waals surface area contributed by atoms with Crippen LogP contribution in [0, 0.1) is 0 Å². The van der Waals surface area contributed by atoms with E-state index in [0.29, 0.717) is 28.0 Å². The van der Waals surface area contributed by atoms with Gasteiger partial charge in [0.15, 0.2) is 11.5 Å². The largest absolute Gasteiger partial charge is 0.493 e. The highest BCUT2D eigenvalue weighted by Gasteiger charge is 2.27. The fourth-order valence-electron chi connectivity index (χ4n) is 3.25. The number of benzene rings is 2. The van der Waals surface area contributed by atoms with Crippen LogP contribution in [0.15, 0.2) is 36.4 Å². The van der Waals surface area contributed by atoms with Crippen molar-refractivity contribution in [1.29, 1.82) is 0 Å². The van der Waals surface area contributed by atoms with Crippen LogP contribution in [0.5, 0.6) is 11.5 Å². The van der Waals surface area contributed by atoms with Crippen LogP contribution in [-0.2, 0) is 22.6 Å². The first-order chi connectivity index (χ1) is 15.2. The lowest BCUT2D eigenvalue weighted by atomic mass is 10.1. The standard InChI is InChI=1S/C24H30Cl2N2O4/c1-15(2)27-24(30)16(3)28(14-18-8-9-19(25)13-20(18)26)23(29)11-7-17-6-10-21(31-4)22(12-17)32-5/h6,8-10,12-13,15-16H,7,11,14H2,1-5H3,(H,27,30)/t16-/m1/s1. The highest BCUT2D eigenvalue weighted by Crippen LogP contribution is 2.28. The maximum absolute atomic E-state index is 13.2. The van der Waals surface area contributed by atoms with Crippen LogP contribution in [-0.4, -0.2) is 43.0 Å². The van der Waals surface area contributed by atoms with Crippen LogP contribution in [0.4, 0.5) is 0 Å². The minimum absolute atomic E-state index is 0.0345. The van der Waals surface area contributed by atoms with Gasteiger partial charge in [-0.2, -0.15) is 0 Å². The molecule has 6 nitrogen and oxygen atoms in total. The first kappa shape index (κ1) is 25.8. The monoisotopic (exact) mass is 480 g/mol. The van der Waals surface area contributed by atoms with Crippen molar-refractivity contribution in [2.45, 2.75) is 52.2 Å². The molecule has 1 atom stereocenters. The number of carbonyl (C=O) groups excluding carboxylic acids is 2. The Labute approximate surface area is 199 Å². The highest BCUT2D eigenvalue weighted by atomic mass is 35.5. The van der Waals surface area contributed by atoms with Gasteiger partial charge < -0.3 is 19.7 Å². The Balaban J connectivity index is 2.21. The van der Waals surface area contributed by atoms with Crippen molar-refractivity contribution >= 4 is 35.0 Å². The lowest BCUT2D eigenvalue weighted by molar-refractivity contribution is -0.140. The summed E-state index contributed by atoms with van der Waals surface area (Å²) in [5.74, 6) is 0.856. The smallest absolute Gasteiger partial charge is 0.242 e. The zero-order chi connectivity index (χ0) is 23.8. The number of methoxy groups -OCH3 is 2. The molecule has 0 spiro atoms. The van der Waals surface area contributed by atoms with E-state index in [-0.39, 0.29) is 30.8 Å². The SMILES string of the molecule is COc1ccc(CCC(=O)N(Cc2ccc(Cl)cc2Cl)[C@H](C)C(=O)NC(C)C)cc1OC. The maximum atomic E-state index is 13.2. The number of hydrogen-bond donors (Lipinski definition) is 1. The molecule has 8 heteroatoms. The summed E-state index contributed by atoms with van der Waals surface area (Å²) in [6, 6.07) is 9.97. The van der Waals surface area contributed by atoms with Crippen LogP contribution in [0.1, 0.15) is 38.3 Å². The predicted octanol–water partition coefficient (Wildman–Crippen LogP) is 4.89. The minimum atomic E-state index is -0.665. The number of nitrogens with one attached hydrogen (secondary N) is 1. The molecule has 0 heterocycles. The molecule has 0 unspecified atom stereocenters. The normalized spacial score (nSPS) is 11.8. The number of hydrogen-bond acceptors (Lipinski definition) is 4. The summed E-state index contributed by atoms with van der Waals surface area (Å²) in [4.78, 5) is 27.4. The third kappa shape index (κ3) is 7.04. The zero-order valence-electron chi connectivity index (χ0n) is 19.1. The van der Waals surface area contributed by atoms with Crippen LogP contribution in [0.25, 0.3) is 0 Å². The lowest BCUT2D eigenvalue weighted by Crippen LogP contribution is -2.49. The van der Waals surface area contributed by atoms with E-state index in [1.165, 1.54) is 0 Å². The second kappa shape index (κ2) is 12.0. The van der Waals surface area contributed by atoms with Crippen LogP contribution in [0.3, 0.4) is 0 Å². The number of carbonyl (C=O) groups is 2. The van der Waals surface area contributed by atoms with E-state index >= 15 is 0 Å². The molecule has 32 heavy (non-hydrogen) atoms. The van der Waals surface area contributed by atoms with E-state index in [4.69, 9.17) is 32.7 Å². The van der Waals surface area contributed by atoms with Gasteiger partial charge in [-0.15, -0.1) is 0 Å². The molecule has 0 radical (unpaired) electrons. The first-order valence-corrected chi connectivity index (χ1v) is 11.2. The number of aryl methyl sites for hydroxylation is 1. The van der Waals surface area contributed by atoms with Crippen LogP contribution >= 0.6 is 23.2 Å². The minimum Gasteiger partial charge on any atom is -0.493 e. The molecule has 0 aromatic heterocycles. The van der Waals surface area contributed by atoms with E-state index in [0.717, 1.165) is 11.1 Å². The van der Waals surface area contributed by atoms with E-state index in [1.807, 2.05) is 32.0 Å². The average Bonchev–Trinajstić information content (AvgIpc) is 2.75. The zero-order valence-corrected chi connectivity index (χ0v) is 20.6. The van der Waals surface area contributed by atoms with E-state index in [2.05, 4.69) is 5.32 Å². The van der Waals surface area contributed by atoms with E-state index < -0.39 is 6.04 Å². The van der Waals surface area contributed by atoms with Crippen molar-refractivity contribution in [2.24, 2.45) is 0 Å². The van der Waals surface area contributed by atoms with Gasteiger partial charge in [-0.25, -0.2) is 0 Å². The molecular formula is C24H30Cl2N2O4. The number of nitrogens with zero attached hydrogens (tertiary/aromatic N) is 1. The Morgan fingerprint density at radius 2 is 1.69 bits per heavy atom. The molecule has 174 valence electrons. The molecule has 0 aliphatic heterocycles. The van der Waals surface area contributed by atoms with E-state index in [9.17, 15) is 9.59 Å². The molecule has 2 amide bonds. The summed E-state index contributed by atoms with van der Waals surface area (Å²) in [6.07, 6.45) is 0.711. The van der Waals surface area contributed by atoms with E-state index in [1.54, 1.807) is 44.2 Å². The molecule has 0 aliphatic rings. The Bertz CT molecular complexity index is 950. The van der Waals surface area contributed by atoms with Crippen LogP contribution in [0.2, 0.25) is 10.0 Å². The molecule has 2 aromatic rings. The molecule has 0 aliphatic carbocycles. The number of halogens is 2. The summed E-state index contributed by atoms with van der Waals surface area (Å²) in [5.41, 5.74) is 1.65. The third-order valence-corrected chi connectivity index (χ3v) is 5.62. The summed E-state index contributed by atoms with van der Waals surface area (Å²) in [5, 5.41) is 3.83. The predicted molar refractivity (Wildman–Crippen MR) is 128 cm³/mol. The van der Waals surface area contributed by atoms with Gasteiger partial charge in [0.05, 0.1) is 14.2 Å². The highest BCUT2D eigenvalue weighted by molar-refractivity contribution is 6.35. The molecule has 0 saturated carbocycles. The Hall–Kier alpha value is -2.44. The average molecular weight is 481 g/mol. The van der Waals surface area contributed by atoms with Crippen molar-refractivity contribution in [3.8, 4) is 11.5 Å². The van der Waals surface area contributed by atoms with Gasteiger partial charge in [-0.1, -0.05) is 35.3 Å². The summed E-state index contributed by atoms with van der Waals surface area (Å²) in [6.45, 7) is 5.68. The molecule has 2 rings (SSSR count). The fourth-order valence-corrected chi connectivity index (χ4v) is 3.72. The topological polar surface area (TPSA) is 67.9 Å². The molecule has 0 saturated heterocycles. The second-order valence-electron chi connectivity index (χ2n) is 7.79. The van der Waals surface area contributed by atoms with Gasteiger partial charge in [-0.3, -0.25) is 9.59 Å². The maximum Gasteiger partial charge on any atom is 0.242 e. The summed E-state index contributed by atoms with van der Waals surface area (Å²) >= 11 is 12.3. The molecule has 1 N–H and O–H groups in total. The fraction of sp³-hybridized carbons (Fsp3) is 0.417. The number of rotatable bonds is 10. The van der Waals surface area contributed by atoms with Gasteiger partial charge in [0, 0.05) is 29.1 Å². The van der Waals surface area contributed by atoms with Gasteiger partial charge in [0.1, 0.15) is 6.04 Å². The first-order valence-electron chi connectivity index (χ1n) is 10.4. The van der Waals surface area contributed by atoms with Crippen molar-refractivity contribution in [3.05, 3.63) is 57.6 Å². The van der Waals surface area contributed by atoms with Crippen molar-refractivity contribution in [2.75, 3.05) is 14.2 Å². The Morgan fingerprint density at radius 1 is 1.00 bits per heavy atom. The molecule has 2 aromatic carbocycles. The quantitative estimate of drug-likeness (QED) is 0.525. The lowest BCUT2D eigenvalue weighted by Gasteiger charge is -2.30. The van der Waals surface area contributed by atoms with Gasteiger partial charge >= 0.3 is 0 Å². The van der Waals surface area contributed by atoms with Gasteiger partial charge in [0.2, 0.25) is 11.8 Å². The van der Waals surface area contributed by atoms with Gasteiger partial charge in [-0.05, 0) is 62.6 Å². The second-order valence-corrected chi connectivity index (χ2v) is 8.63. The molecular weight excluding hydrogens is 451 g/mol. The Kier molecular flexibility index (Phi) is 9.66. The van der Waals surface area contributed by atoms with Crippen molar-refractivity contribution < 1.29 is 19.1 Å². The van der Waals surface area contributed by atoms with Crippen molar-refractivity contribution in [3.63, 3.8) is 0 Å². The summed E-state index contributed by atoms with van der Waals surface area (Å²) < 4.78 is 10.6.